The first-order valence-electron chi connectivity index (χ1n) is 16.5. The maximum atomic E-state index is 12.8. The first-order chi connectivity index (χ1) is 21.8. The Morgan fingerprint density at radius 1 is 0.783 bits per heavy atom. The molecule has 0 unspecified atom stereocenters. The molecule has 2 atom stereocenters. The molecule has 10 heteroatoms. The zero-order chi connectivity index (χ0) is 32.6. The summed E-state index contributed by atoms with van der Waals surface area (Å²) in [5.74, 6) is 1.63. The molecule has 2 fully saturated rings. The number of hydrogen-bond donors (Lipinski definition) is 2. The number of fused-ring (bicyclic) bond motifs is 1. The predicted molar refractivity (Wildman–Crippen MR) is 177 cm³/mol. The third-order valence-corrected chi connectivity index (χ3v) is 8.50. The van der Waals surface area contributed by atoms with Crippen molar-refractivity contribution in [1.82, 2.24) is 29.7 Å². The van der Waals surface area contributed by atoms with Gasteiger partial charge in [0, 0.05) is 19.3 Å². The van der Waals surface area contributed by atoms with Crippen LogP contribution in [0.4, 0.5) is 9.59 Å². The lowest BCUT2D eigenvalue weighted by atomic mass is 10.0. The molecule has 2 N–H and O–H groups in total. The number of ether oxygens (including phenoxy) is 2. The van der Waals surface area contributed by atoms with E-state index in [4.69, 9.17) is 19.4 Å². The highest BCUT2D eigenvalue weighted by Gasteiger charge is 2.36. The number of aryl methyl sites for hydroxylation is 2. The van der Waals surface area contributed by atoms with Crippen molar-refractivity contribution in [2.75, 3.05) is 13.1 Å². The molecule has 2 aromatic carbocycles. The van der Waals surface area contributed by atoms with Gasteiger partial charge in [0.15, 0.2) is 0 Å². The Balaban J connectivity index is 1.08. The smallest absolute Gasteiger partial charge is 0.410 e. The number of benzene rings is 2. The van der Waals surface area contributed by atoms with E-state index in [0.717, 1.165) is 78.0 Å². The van der Waals surface area contributed by atoms with Gasteiger partial charge in [0.05, 0.1) is 28.8 Å². The number of carbonyl (C=O) groups is 2. The molecule has 4 heterocycles. The summed E-state index contributed by atoms with van der Waals surface area (Å²) in [6, 6.07) is 14.7. The number of nitrogens with one attached hydrogen (secondary N) is 2. The van der Waals surface area contributed by atoms with Gasteiger partial charge >= 0.3 is 12.2 Å². The van der Waals surface area contributed by atoms with Gasteiger partial charge in [-0.1, -0.05) is 30.3 Å². The zero-order valence-electron chi connectivity index (χ0n) is 27.9. The maximum Gasteiger partial charge on any atom is 0.410 e. The number of hydrogen-bond acceptors (Lipinski definition) is 6. The quantitative estimate of drug-likeness (QED) is 0.225. The van der Waals surface area contributed by atoms with Gasteiger partial charge in [-0.15, -0.1) is 0 Å². The Labute approximate surface area is 270 Å². The summed E-state index contributed by atoms with van der Waals surface area (Å²) in [6.45, 7) is 12.7. The van der Waals surface area contributed by atoms with Crippen LogP contribution in [0.5, 0.6) is 0 Å². The average Bonchev–Trinajstić information content (AvgIpc) is 3.79. The SMILES string of the molecule is CC(C)(C)OC(=O)N1CCC[C@H]1c1nc(CCc2ccc(-c3ccc4[nH]c([C@@H]5CCCN5C(=O)OC(C)(C)C)nc4c3)cc2)c[nH]1. The Bertz CT molecular complexity index is 1690. The molecule has 0 aliphatic carbocycles. The van der Waals surface area contributed by atoms with Gasteiger partial charge in [0.1, 0.15) is 22.9 Å². The monoisotopic (exact) mass is 626 g/mol. The number of carbonyl (C=O) groups excluding carboxylic acids is 2. The lowest BCUT2D eigenvalue weighted by Crippen LogP contribution is -2.36. The first-order valence-corrected chi connectivity index (χ1v) is 16.5. The van der Waals surface area contributed by atoms with Crippen LogP contribution in [0.15, 0.2) is 48.7 Å². The van der Waals surface area contributed by atoms with Gasteiger partial charge in [0.25, 0.3) is 0 Å². The predicted octanol–water partition coefficient (Wildman–Crippen LogP) is 7.88. The second-order valence-electron chi connectivity index (χ2n) is 14.5. The highest BCUT2D eigenvalue weighted by Crippen LogP contribution is 2.34. The average molecular weight is 627 g/mol. The van der Waals surface area contributed by atoms with Crippen LogP contribution in [0.25, 0.3) is 22.2 Å². The Kier molecular flexibility index (Phi) is 8.56. The Morgan fingerprint density at radius 2 is 1.37 bits per heavy atom. The zero-order valence-corrected chi connectivity index (χ0v) is 27.9. The van der Waals surface area contributed by atoms with Crippen LogP contribution in [0, 0.1) is 0 Å². The van der Waals surface area contributed by atoms with Crippen LogP contribution in [-0.2, 0) is 22.3 Å². The molecule has 2 aliphatic rings. The summed E-state index contributed by atoms with van der Waals surface area (Å²) in [5, 5.41) is 0. The minimum Gasteiger partial charge on any atom is -0.444 e. The molecule has 0 spiro atoms. The molecule has 2 amide bonds. The van der Waals surface area contributed by atoms with Gasteiger partial charge < -0.3 is 19.4 Å². The van der Waals surface area contributed by atoms with Crippen molar-refractivity contribution in [1.29, 1.82) is 0 Å². The molecule has 0 radical (unpaired) electrons. The van der Waals surface area contributed by atoms with E-state index >= 15 is 0 Å². The van der Waals surface area contributed by atoms with Crippen molar-refractivity contribution >= 4 is 23.2 Å². The minimum atomic E-state index is -0.535. The fourth-order valence-electron chi connectivity index (χ4n) is 6.35. The lowest BCUT2D eigenvalue weighted by Gasteiger charge is -2.27. The fraction of sp³-hybridized carbons (Fsp3) is 0.500. The van der Waals surface area contributed by atoms with E-state index in [-0.39, 0.29) is 24.3 Å². The maximum absolute atomic E-state index is 12.8. The summed E-state index contributed by atoms with van der Waals surface area (Å²) >= 11 is 0. The van der Waals surface area contributed by atoms with Crippen molar-refractivity contribution in [2.45, 2.75) is 103 Å². The van der Waals surface area contributed by atoms with Crippen LogP contribution in [0.2, 0.25) is 0 Å². The van der Waals surface area contributed by atoms with Gasteiger partial charge in [-0.25, -0.2) is 19.6 Å². The highest BCUT2D eigenvalue weighted by atomic mass is 16.6. The van der Waals surface area contributed by atoms with Crippen molar-refractivity contribution in [3.8, 4) is 11.1 Å². The van der Waals surface area contributed by atoms with E-state index in [1.165, 1.54) is 5.56 Å². The van der Waals surface area contributed by atoms with E-state index in [0.29, 0.717) is 13.1 Å². The standard InChI is InChI=1S/C36H46N6O4/c1-35(2,3)45-33(43)41-19-7-9-29(41)31-37-22-26(38-31)17-13-23-11-14-24(15-12-23)25-16-18-27-28(21-25)40-32(39-27)30-10-8-20-42(30)34(44)46-36(4,5)6/h11-12,14-16,18,21-22,29-30H,7-10,13,17,19-20H2,1-6H3,(H,37,38)(H,39,40)/t29-,30-/m0/s1. The summed E-state index contributed by atoms with van der Waals surface area (Å²) in [4.78, 5) is 45.6. The number of aromatic amines is 2. The van der Waals surface area contributed by atoms with Crippen molar-refractivity contribution in [2.24, 2.45) is 0 Å². The molecule has 0 saturated carbocycles. The van der Waals surface area contributed by atoms with Crippen LogP contribution in [0.1, 0.15) is 102 Å². The molecule has 6 rings (SSSR count). The number of rotatable bonds is 6. The van der Waals surface area contributed by atoms with Crippen LogP contribution >= 0.6 is 0 Å². The second-order valence-corrected chi connectivity index (χ2v) is 14.5. The molecule has 2 aromatic heterocycles. The normalized spacial score (nSPS) is 18.8. The van der Waals surface area contributed by atoms with E-state index in [2.05, 4.69) is 52.4 Å². The number of aromatic nitrogens is 4. The molecular weight excluding hydrogens is 580 g/mol. The summed E-state index contributed by atoms with van der Waals surface area (Å²) in [5.41, 5.74) is 5.22. The van der Waals surface area contributed by atoms with Crippen molar-refractivity contribution in [3.63, 3.8) is 0 Å². The molecule has 0 bridgehead atoms. The van der Waals surface area contributed by atoms with E-state index < -0.39 is 11.2 Å². The van der Waals surface area contributed by atoms with Crippen molar-refractivity contribution < 1.29 is 19.1 Å². The highest BCUT2D eigenvalue weighted by molar-refractivity contribution is 5.82. The number of nitrogens with zero attached hydrogens (tertiary/aromatic N) is 4. The largest absolute Gasteiger partial charge is 0.444 e. The Morgan fingerprint density at radius 3 is 1.98 bits per heavy atom. The van der Waals surface area contributed by atoms with Gasteiger partial charge in [-0.2, -0.15) is 0 Å². The van der Waals surface area contributed by atoms with Crippen molar-refractivity contribution in [3.05, 3.63) is 71.6 Å². The number of amides is 2. The molecular formula is C36H46N6O4. The van der Waals surface area contributed by atoms with Crippen LogP contribution in [0.3, 0.4) is 0 Å². The molecule has 2 aliphatic heterocycles. The first kappa shape index (κ1) is 31.6. The second kappa shape index (κ2) is 12.5. The number of likely N-dealkylation sites (tertiary alicyclic amines) is 2. The topological polar surface area (TPSA) is 116 Å². The number of imidazole rings is 2. The third kappa shape index (κ3) is 7.21. The van der Waals surface area contributed by atoms with Gasteiger partial charge in [-0.05, 0) is 109 Å². The molecule has 10 nitrogen and oxygen atoms in total. The van der Waals surface area contributed by atoms with Gasteiger partial charge in [0.2, 0.25) is 0 Å². The van der Waals surface area contributed by atoms with Gasteiger partial charge in [-0.3, -0.25) is 9.80 Å². The number of H-pyrrole nitrogens is 2. The third-order valence-electron chi connectivity index (χ3n) is 8.50. The molecule has 4 aromatic rings. The Hall–Kier alpha value is -4.34. The molecule has 46 heavy (non-hydrogen) atoms. The fourth-order valence-corrected chi connectivity index (χ4v) is 6.35. The van der Waals surface area contributed by atoms with E-state index in [9.17, 15) is 9.59 Å². The summed E-state index contributed by atoms with van der Waals surface area (Å²) < 4.78 is 11.3. The van der Waals surface area contributed by atoms with E-state index in [1.54, 1.807) is 9.80 Å². The summed E-state index contributed by atoms with van der Waals surface area (Å²) in [6.07, 6.45) is 6.66. The molecule has 2 saturated heterocycles. The summed E-state index contributed by atoms with van der Waals surface area (Å²) in [7, 11) is 0. The van der Waals surface area contributed by atoms with E-state index in [1.807, 2.05) is 47.7 Å². The molecule has 244 valence electrons. The minimum absolute atomic E-state index is 0.0760. The van der Waals surface area contributed by atoms with Crippen LogP contribution < -0.4 is 0 Å². The van der Waals surface area contributed by atoms with Crippen LogP contribution in [-0.4, -0.2) is 66.2 Å². The lowest BCUT2D eigenvalue weighted by molar-refractivity contribution is 0.0208.